The van der Waals surface area contributed by atoms with Crippen LogP contribution in [0.5, 0.6) is 0 Å². The maximum Gasteiger partial charge on any atom is 0.151 e. The zero-order valence-electron chi connectivity index (χ0n) is 11.5. The number of nitrogens with zero attached hydrogens (tertiary/aromatic N) is 3. The van der Waals surface area contributed by atoms with Crippen LogP contribution in [0.3, 0.4) is 0 Å². The van der Waals surface area contributed by atoms with Crippen molar-refractivity contribution in [1.29, 1.82) is 0 Å². The summed E-state index contributed by atoms with van der Waals surface area (Å²) in [6.45, 7) is 9.18. The third-order valence-electron chi connectivity index (χ3n) is 3.41. The van der Waals surface area contributed by atoms with Gasteiger partial charge in [0.2, 0.25) is 0 Å². The quantitative estimate of drug-likeness (QED) is 0.812. The Morgan fingerprint density at radius 1 is 1.28 bits per heavy atom. The molecule has 0 fully saturated rings. The molecule has 2 heterocycles. The molecule has 1 aromatic rings. The lowest BCUT2D eigenvalue weighted by atomic mass is 9.83. The first-order chi connectivity index (χ1) is 8.50. The Kier molecular flexibility index (Phi) is 3.66. The second-order valence-electron chi connectivity index (χ2n) is 5.76. The maximum atomic E-state index is 5.52. The van der Waals surface area contributed by atoms with Crippen molar-refractivity contribution in [2.75, 3.05) is 18.0 Å². The molecular weight excluding hydrogens is 224 g/mol. The lowest BCUT2D eigenvalue weighted by Gasteiger charge is -2.32. The number of rotatable bonds is 2. The van der Waals surface area contributed by atoms with Gasteiger partial charge in [-0.15, -0.1) is 5.10 Å². The predicted octanol–water partition coefficient (Wildman–Crippen LogP) is 2.12. The van der Waals surface area contributed by atoms with Crippen molar-refractivity contribution in [3.8, 4) is 0 Å². The molecule has 1 aliphatic rings. The van der Waals surface area contributed by atoms with Crippen LogP contribution in [-0.4, -0.2) is 23.3 Å². The Morgan fingerprint density at radius 2 is 2.06 bits per heavy atom. The number of hydrogen-bond donors (Lipinski definition) is 1. The topological polar surface area (TPSA) is 55.0 Å². The molecule has 0 atom stereocenters. The Hall–Kier alpha value is -1.42. The van der Waals surface area contributed by atoms with E-state index >= 15 is 0 Å². The average molecular weight is 246 g/mol. The van der Waals surface area contributed by atoms with Crippen molar-refractivity contribution >= 4 is 5.82 Å². The normalized spacial score (nSPS) is 16.7. The molecule has 2 N–H and O–H groups in total. The van der Waals surface area contributed by atoms with Crippen molar-refractivity contribution < 1.29 is 0 Å². The fourth-order valence-electron chi connectivity index (χ4n) is 2.19. The summed E-state index contributed by atoms with van der Waals surface area (Å²) in [4.78, 5) is 2.25. The first-order valence-corrected chi connectivity index (χ1v) is 6.48. The minimum atomic E-state index is 0.279. The molecule has 0 aliphatic carbocycles. The second-order valence-corrected chi connectivity index (χ2v) is 5.76. The first kappa shape index (κ1) is 13.0. The van der Waals surface area contributed by atoms with Gasteiger partial charge in [0, 0.05) is 19.6 Å². The van der Waals surface area contributed by atoms with Gasteiger partial charge in [0.15, 0.2) is 5.82 Å². The molecule has 0 aromatic carbocycles. The molecule has 4 nitrogen and oxygen atoms in total. The van der Waals surface area contributed by atoms with Crippen LogP contribution in [0.25, 0.3) is 0 Å². The Labute approximate surface area is 109 Å². The average Bonchev–Trinajstić information content (AvgIpc) is 2.38. The van der Waals surface area contributed by atoms with Crippen LogP contribution in [0.15, 0.2) is 23.8 Å². The first-order valence-electron chi connectivity index (χ1n) is 6.48. The molecule has 1 aliphatic heterocycles. The van der Waals surface area contributed by atoms with Crippen molar-refractivity contribution in [2.24, 2.45) is 11.1 Å². The summed E-state index contributed by atoms with van der Waals surface area (Å²) < 4.78 is 0. The monoisotopic (exact) mass is 246 g/mol. The summed E-state index contributed by atoms with van der Waals surface area (Å²) in [5, 5.41) is 8.33. The molecule has 0 amide bonds. The molecule has 0 saturated carbocycles. The summed E-state index contributed by atoms with van der Waals surface area (Å²) in [7, 11) is 0. The standard InChI is InChI=1S/C14H22N4/c1-14(2,3)11-6-8-18(9-7-11)13-5-4-12(10-15)16-17-13/h4-6H,7-10,15H2,1-3H3. The Bertz CT molecular complexity index is 428. The van der Waals surface area contributed by atoms with Crippen LogP contribution in [0.1, 0.15) is 32.9 Å². The minimum Gasteiger partial charge on any atom is -0.351 e. The van der Waals surface area contributed by atoms with E-state index < -0.39 is 0 Å². The van der Waals surface area contributed by atoms with Gasteiger partial charge < -0.3 is 10.6 Å². The molecule has 0 bridgehead atoms. The third-order valence-corrected chi connectivity index (χ3v) is 3.41. The van der Waals surface area contributed by atoms with Crippen molar-refractivity contribution in [3.63, 3.8) is 0 Å². The molecule has 0 radical (unpaired) electrons. The molecule has 0 unspecified atom stereocenters. The van der Waals surface area contributed by atoms with E-state index in [1.807, 2.05) is 12.1 Å². The highest BCUT2D eigenvalue weighted by Gasteiger charge is 2.21. The fraction of sp³-hybridized carbons (Fsp3) is 0.571. The van der Waals surface area contributed by atoms with Gasteiger partial charge in [-0.1, -0.05) is 32.4 Å². The van der Waals surface area contributed by atoms with Gasteiger partial charge in [-0.05, 0) is 24.0 Å². The lowest BCUT2D eigenvalue weighted by Crippen LogP contribution is -2.32. The van der Waals surface area contributed by atoms with E-state index in [2.05, 4.69) is 41.9 Å². The number of hydrogen-bond acceptors (Lipinski definition) is 4. The van der Waals surface area contributed by atoms with Crippen LogP contribution in [0.2, 0.25) is 0 Å². The van der Waals surface area contributed by atoms with Crippen molar-refractivity contribution in [1.82, 2.24) is 10.2 Å². The number of aromatic nitrogens is 2. The van der Waals surface area contributed by atoms with Gasteiger partial charge in [-0.3, -0.25) is 0 Å². The van der Waals surface area contributed by atoms with Gasteiger partial charge in [-0.25, -0.2) is 0 Å². The van der Waals surface area contributed by atoms with Crippen molar-refractivity contribution in [3.05, 3.63) is 29.5 Å². The molecule has 4 heteroatoms. The zero-order valence-corrected chi connectivity index (χ0v) is 11.5. The van der Waals surface area contributed by atoms with E-state index in [-0.39, 0.29) is 5.41 Å². The molecule has 1 aromatic heterocycles. The Balaban J connectivity index is 2.07. The van der Waals surface area contributed by atoms with Crippen LogP contribution in [-0.2, 0) is 6.54 Å². The maximum absolute atomic E-state index is 5.52. The van der Waals surface area contributed by atoms with E-state index in [1.165, 1.54) is 5.57 Å². The van der Waals surface area contributed by atoms with Crippen LogP contribution in [0.4, 0.5) is 5.82 Å². The number of anilines is 1. The molecule has 18 heavy (non-hydrogen) atoms. The zero-order chi connectivity index (χ0) is 13.2. The highest BCUT2D eigenvalue weighted by atomic mass is 15.3. The van der Waals surface area contributed by atoms with Gasteiger partial charge in [0.1, 0.15) is 0 Å². The van der Waals surface area contributed by atoms with Gasteiger partial charge in [-0.2, -0.15) is 5.10 Å². The van der Waals surface area contributed by atoms with Gasteiger partial charge in [0.25, 0.3) is 0 Å². The fourth-order valence-corrected chi connectivity index (χ4v) is 2.19. The largest absolute Gasteiger partial charge is 0.351 e. The Morgan fingerprint density at radius 3 is 2.50 bits per heavy atom. The summed E-state index contributed by atoms with van der Waals surface area (Å²) in [6.07, 6.45) is 3.42. The summed E-state index contributed by atoms with van der Waals surface area (Å²) >= 11 is 0. The molecule has 2 rings (SSSR count). The molecular formula is C14H22N4. The highest BCUT2D eigenvalue weighted by molar-refractivity contribution is 5.40. The molecule has 0 saturated heterocycles. The van der Waals surface area contributed by atoms with Crippen LogP contribution >= 0.6 is 0 Å². The van der Waals surface area contributed by atoms with E-state index in [0.29, 0.717) is 6.54 Å². The van der Waals surface area contributed by atoms with E-state index in [1.54, 1.807) is 0 Å². The summed E-state index contributed by atoms with van der Waals surface area (Å²) in [6, 6.07) is 3.95. The van der Waals surface area contributed by atoms with Gasteiger partial charge in [0.05, 0.1) is 5.69 Å². The summed E-state index contributed by atoms with van der Waals surface area (Å²) in [5.74, 6) is 0.941. The smallest absolute Gasteiger partial charge is 0.151 e. The SMILES string of the molecule is CC(C)(C)C1=CCN(c2ccc(CN)nn2)CC1. The van der Waals surface area contributed by atoms with Crippen LogP contribution in [0, 0.1) is 5.41 Å². The van der Waals surface area contributed by atoms with Crippen LogP contribution < -0.4 is 10.6 Å². The van der Waals surface area contributed by atoms with E-state index in [4.69, 9.17) is 5.73 Å². The van der Waals surface area contributed by atoms with E-state index in [9.17, 15) is 0 Å². The molecule has 98 valence electrons. The number of nitrogens with two attached hydrogens (primary N) is 1. The van der Waals surface area contributed by atoms with Gasteiger partial charge >= 0.3 is 0 Å². The molecule has 0 spiro atoms. The van der Waals surface area contributed by atoms with E-state index in [0.717, 1.165) is 31.0 Å². The predicted molar refractivity (Wildman–Crippen MR) is 74.3 cm³/mol. The second kappa shape index (κ2) is 5.06. The van der Waals surface area contributed by atoms with Crippen molar-refractivity contribution in [2.45, 2.75) is 33.7 Å². The minimum absolute atomic E-state index is 0.279. The highest BCUT2D eigenvalue weighted by Crippen LogP contribution is 2.30. The lowest BCUT2D eigenvalue weighted by molar-refractivity contribution is 0.472. The summed E-state index contributed by atoms with van der Waals surface area (Å²) in [5.41, 5.74) is 8.17. The third kappa shape index (κ3) is 2.88.